The zero-order valence-electron chi connectivity index (χ0n) is 15.8. The van der Waals surface area contributed by atoms with Crippen LogP contribution in [0.4, 0.5) is 4.39 Å². The number of ether oxygens (including phenoxy) is 2. The van der Waals surface area contributed by atoms with Crippen LogP contribution in [0, 0.1) is 5.82 Å². The van der Waals surface area contributed by atoms with Crippen molar-refractivity contribution in [2.45, 2.75) is 6.54 Å². The summed E-state index contributed by atoms with van der Waals surface area (Å²) >= 11 is 0. The van der Waals surface area contributed by atoms with Crippen LogP contribution in [-0.2, 0) is 11.3 Å². The molecule has 6 heteroatoms. The fourth-order valence-corrected chi connectivity index (χ4v) is 3.67. The van der Waals surface area contributed by atoms with Gasteiger partial charge in [-0.1, -0.05) is 36.4 Å². The Bertz CT molecular complexity index is 1220. The van der Waals surface area contributed by atoms with Gasteiger partial charge in [-0.3, -0.25) is 14.5 Å². The summed E-state index contributed by atoms with van der Waals surface area (Å²) < 4.78 is 24.4. The van der Waals surface area contributed by atoms with E-state index in [-0.39, 0.29) is 19.2 Å². The molecule has 0 aliphatic carbocycles. The largest absolute Gasteiger partial charge is 0.454 e. The van der Waals surface area contributed by atoms with Gasteiger partial charge >= 0.3 is 0 Å². The number of amides is 2. The van der Waals surface area contributed by atoms with Crippen molar-refractivity contribution in [3.05, 3.63) is 94.8 Å². The second kappa shape index (κ2) is 7.15. The molecule has 5 nitrogen and oxygen atoms in total. The van der Waals surface area contributed by atoms with Gasteiger partial charge in [0.2, 0.25) is 6.79 Å². The summed E-state index contributed by atoms with van der Waals surface area (Å²) in [5.74, 6) is 0.0203. The summed E-state index contributed by atoms with van der Waals surface area (Å²) in [6.07, 6.45) is 1.61. The smallest absolute Gasteiger partial charge is 0.261 e. The van der Waals surface area contributed by atoms with Crippen LogP contribution in [0.1, 0.15) is 27.0 Å². The third-order valence-electron chi connectivity index (χ3n) is 5.11. The molecule has 2 heterocycles. The molecule has 0 fully saturated rings. The lowest BCUT2D eigenvalue weighted by Gasteiger charge is -2.28. The highest BCUT2D eigenvalue weighted by molar-refractivity contribution is 6.33. The van der Waals surface area contributed by atoms with Gasteiger partial charge < -0.3 is 9.47 Å². The summed E-state index contributed by atoms with van der Waals surface area (Å²) in [5.41, 5.74) is 2.60. The Hall–Kier alpha value is -3.93. The van der Waals surface area contributed by atoms with E-state index in [0.717, 1.165) is 5.56 Å². The highest BCUT2D eigenvalue weighted by atomic mass is 19.1. The first-order valence-electron chi connectivity index (χ1n) is 9.41. The molecule has 3 aromatic carbocycles. The number of carbonyl (C=O) groups excluding carboxylic acids is 2. The zero-order valence-corrected chi connectivity index (χ0v) is 15.8. The van der Waals surface area contributed by atoms with Crippen LogP contribution < -0.4 is 9.47 Å². The molecule has 5 rings (SSSR count). The lowest BCUT2D eigenvalue weighted by molar-refractivity contribution is -0.123. The van der Waals surface area contributed by atoms with Gasteiger partial charge in [-0.25, -0.2) is 4.39 Å². The number of carbonyl (C=O) groups is 2. The Labute approximate surface area is 172 Å². The number of nitrogens with zero attached hydrogens (tertiary/aromatic N) is 1. The van der Waals surface area contributed by atoms with Gasteiger partial charge in [0.05, 0.1) is 6.54 Å². The minimum absolute atomic E-state index is 0.0864. The fourth-order valence-electron chi connectivity index (χ4n) is 3.67. The second-order valence-electron chi connectivity index (χ2n) is 7.04. The van der Waals surface area contributed by atoms with Crippen molar-refractivity contribution in [2.75, 3.05) is 6.79 Å². The van der Waals surface area contributed by atoms with Crippen molar-refractivity contribution in [1.82, 2.24) is 4.90 Å². The summed E-state index contributed by atoms with van der Waals surface area (Å²) in [6.45, 7) is 0.234. The normalized spacial score (nSPS) is 16.2. The molecule has 0 spiro atoms. The van der Waals surface area contributed by atoms with E-state index in [1.807, 2.05) is 0 Å². The van der Waals surface area contributed by atoms with Crippen LogP contribution >= 0.6 is 0 Å². The molecule has 0 saturated heterocycles. The lowest BCUT2D eigenvalue weighted by Crippen LogP contribution is -2.41. The Kier molecular flexibility index (Phi) is 4.32. The molecule has 0 saturated carbocycles. The zero-order chi connectivity index (χ0) is 20.7. The fraction of sp³-hybridized carbons (Fsp3) is 0.0833. The monoisotopic (exact) mass is 401 g/mol. The Morgan fingerprint density at radius 1 is 0.867 bits per heavy atom. The van der Waals surface area contributed by atoms with Crippen molar-refractivity contribution >= 4 is 23.5 Å². The van der Waals surface area contributed by atoms with E-state index in [9.17, 15) is 14.0 Å². The van der Waals surface area contributed by atoms with Gasteiger partial charge in [-0.05, 0) is 53.1 Å². The Morgan fingerprint density at radius 2 is 1.67 bits per heavy atom. The molecule has 2 aliphatic heterocycles. The van der Waals surface area contributed by atoms with Crippen molar-refractivity contribution in [1.29, 1.82) is 0 Å². The topological polar surface area (TPSA) is 55.8 Å². The molecular weight excluding hydrogens is 385 g/mol. The Morgan fingerprint density at radius 3 is 2.50 bits per heavy atom. The van der Waals surface area contributed by atoms with E-state index >= 15 is 0 Å². The molecule has 0 N–H and O–H groups in total. The highest BCUT2D eigenvalue weighted by Crippen LogP contribution is 2.35. The number of imide groups is 1. The van der Waals surface area contributed by atoms with Crippen LogP contribution in [0.5, 0.6) is 11.5 Å². The lowest BCUT2D eigenvalue weighted by atomic mass is 9.91. The van der Waals surface area contributed by atoms with E-state index in [4.69, 9.17) is 9.47 Å². The van der Waals surface area contributed by atoms with Crippen LogP contribution in [0.2, 0.25) is 0 Å². The second-order valence-corrected chi connectivity index (χ2v) is 7.04. The number of benzene rings is 3. The predicted octanol–water partition coefficient (Wildman–Crippen LogP) is 4.28. The third-order valence-corrected chi connectivity index (χ3v) is 5.11. The molecule has 2 amide bonds. The van der Waals surface area contributed by atoms with Crippen molar-refractivity contribution < 1.29 is 23.5 Å². The van der Waals surface area contributed by atoms with Crippen LogP contribution in [-0.4, -0.2) is 23.5 Å². The average Bonchev–Trinajstić information content (AvgIpc) is 3.22. The summed E-state index contributed by atoms with van der Waals surface area (Å²) in [4.78, 5) is 27.6. The summed E-state index contributed by atoms with van der Waals surface area (Å²) in [6, 6.07) is 18.2. The molecule has 2 aliphatic rings. The van der Waals surface area contributed by atoms with Gasteiger partial charge in [-0.2, -0.15) is 0 Å². The van der Waals surface area contributed by atoms with Crippen molar-refractivity contribution in [3.8, 4) is 11.5 Å². The standard InChI is InChI=1S/C24H16FNO4/c25-17-5-3-4-15(10-17)11-20-18-6-1-2-7-19(18)23(27)26(24(20)28)13-16-8-9-21-22(12-16)30-14-29-21/h1-12H,13-14H2/b20-11+. The van der Waals surface area contributed by atoms with Gasteiger partial charge in [0, 0.05) is 11.1 Å². The summed E-state index contributed by atoms with van der Waals surface area (Å²) in [5, 5.41) is 0. The van der Waals surface area contributed by atoms with E-state index < -0.39 is 11.7 Å². The van der Waals surface area contributed by atoms with E-state index in [0.29, 0.717) is 33.8 Å². The molecule has 0 radical (unpaired) electrons. The van der Waals surface area contributed by atoms with Crippen LogP contribution in [0.15, 0.2) is 66.7 Å². The van der Waals surface area contributed by atoms with Gasteiger partial charge in [0.15, 0.2) is 11.5 Å². The maximum atomic E-state index is 13.6. The van der Waals surface area contributed by atoms with Gasteiger partial charge in [-0.15, -0.1) is 0 Å². The van der Waals surface area contributed by atoms with Crippen LogP contribution in [0.3, 0.4) is 0 Å². The summed E-state index contributed by atoms with van der Waals surface area (Å²) in [7, 11) is 0. The Balaban J connectivity index is 1.56. The molecule has 0 atom stereocenters. The first-order chi connectivity index (χ1) is 14.6. The molecule has 148 valence electrons. The van der Waals surface area contributed by atoms with E-state index in [1.165, 1.54) is 17.0 Å². The molecule has 3 aromatic rings. The SMILES string of the molecule is O=C1/C(=C/c2cccc(F)c2)c2ccccc2C(=O)N1Cc1ccc2c(c1)OCO2. The maximum absolute atomic E-state index is 13.6. The maximum Gasteiger partial charge on any atom is 0.261 e. The van der Waals surface area contributed by atoms with Crippen molar-refractivity contribution in [3.63, 3.8) is 0 Å². The van der Waals surface area contributed by atoms with Crippen molar-refractivity contribution in [2.24, 2.45) is 0 Å². The van der Waals surface area contributed by atoms with E-state index in [2.05, 4.69) is 0 Å². The first-order valence-corrected chi connectivity index (χ1v) is 9.41. The quantitative estimate of drug-likeness (QED) is 0.486. The minimum atomic E-state index is -0.430. The molecule has 30 heavy (non-hydrogen) atoms. The number of halogens is 1. The third kappa shape index (κ3) is 3.12. The van der Waals surface area contributed by atoms with Gasteiger partial charge in [0.25, 0.3) is 11.8 Å². The molecule has 0 aromatic heterocycles. The molecular formula is C24H16FNO4. The average molecular weight is 401 g/mol. The van der Waals surface area contributed by atoms with E-state index in [1.54, 1.807) is 60.7 Å². The number of rotatable bonds is 3. The molecule has 0 unspecified atom stereocenters. The number of fused-ring (bicyclic) bond motifs is 2. The van der Waals surface area contributed by atoms with Crippen LogP contribution in [0.25, 0.3) is 11.6 Å². The predicted molar refractivity (Wildman–Crippen MR) is 108 cm³/mol. The highest BCUT2D eigenvalue weighted by Gasteiger charge is 2.34. The first kappa shape index (κ1) is 18.1. The number of hydrogen-bond acceptors (Lipinski definition) is 4. The molecule has 0 bridgehead atoms. The number of hydrogen-bond donors (Lipinski definition) is 0. The van der Waals surface area contributed by atoms with Gasteiger partial charge in [0.1, 0.15) is 5.82 Å². The minimum Gasteiger partial charge on any atom is -0.454 e.